The number of nitrogens with zero attached hydrogens (tertiary/aromatic N) is 3. The smallest absolute Gasteiger partial charge is 0.280 e. The van der Waals surface area contributed by atoms with Crippen molar-refractivity contribution in [2.75, 3.05) is 11.9 Å². The molecule has 3 heterocycles. The molecule has 3 N–H and O–H groups in total. The van der Waals surface area contributed by atoms with Gasteiger partial charge in [-0.15, -0.1) is 11.3 Å². The number of rotatable bonds is 7. The first-order valence-electron chi connectivity index (χ1n) is 12.6. The molecule has 206 valence electrons. The summed E-state index contributed by atoms with van der Waals surface area (Å²) in [5.41, 5.74) is -1.07. The molecule has 0 aromatic carbocycles. The second kappa shape index (κ2) is 9.74. The normalized spacial score (nSPS) is 25.6. The third-order valence-corrected chi connectivity index (χ3v) is 8.65. The Morgan fingerprint density at radius 3 is 2.53 bits per heavy atom. The fourth-order valence-electron chi connectivity index (χ4n) is 5.17. The average molecular weight is 556 g/mol. The molecule has 2 aromatic heterocycles. The molecule has 5 rings (SSSR count). The van der Waals surface area contributed by atoms with Crippen LogP contribution in [0.15, 0.2) is 12.3 Å². The average Bonchev–Trinajstić information content (AvgIpc) is 3.36. The molecule has 1 saturated heterocycles. The number of pyridine rings is 1. The van der Waals surface area contributed by atoms with E-state index >= 15 is 0 Å². The number of halogens is 4. The highest BCUT2D eigenvalue weighted by Crippen LogP contribution is 2.41. The molecule has 3 fully saturated rings. The number of hydrogen-bond donors (Lipinski definition) is 3. The Bertz CT molecular complexity index is 1250. The highest BCUT2D eigenvalue weighted by molar-refractivity contribution is 7.17. The van der Waals surface area contributed by atoms with Crippen molar-refractivity contribution in [2.45, 2.75) is 88.4 Å². The van der Waals surface area contributed by atoms with Gasteiger partial charge in [0.15, 0.2) is 5.01 Å². The molecule has 2 aliphatic carbocycles. The lowest BCUT2D eigenvalue weighted by Crippen LogP contribution is -2.46. The first-order chi connectivity index (χ1) is 17.8. The Labute approximate surface area is 220 Å². The first-order valence-corrected chi connectivity index (χ1v) is 13.4. The molecule has 2 saturated carbocycles. The molecule has 38 heavy (non-hydrogen) atoms. The molecule has 3 aliphatic rings. The van der Waals surface area contributed by atoms with E-state index in [1.54, 1.807) is 0 Å². The standard InChI is InChI=1S/C25H29F4N5O3S/c1-12-9-25(28,29)11-34(12)23(37)18-19(38-22(32-18)21(36)31-13-6-14(35)7-13)16-10-30-17(8-15(16)20(26)27)33-24(2)4-3-5-24/h8,10,12-14,20,35H,3-7,9,11H2,1-2H3,(H,30,33)(H,31,36)/t12-,13?,14?/m0/s1. The molecule has 0 spiro atoms. The van der Waals surface area contributed by atoms with Crippen molar-refractivity contribution in [3.63, 3.8) is 0 Å². The molecule has 1 aliphatic heterocycles. The van der Waals surface area contributed by atoms with E-state index in [0.29, 0.717) is 12.8 Å². The number of hydrogen-bond acceptors (Lipinski definition) is 7. The van der Waals surface area contributed by atoms with Gasteiger partial charge < -0.3 is 20.6 Å². The summed E-state index contributed by atoms with van der Waals surface area (Å²) in [5, 5.41) is 15.2. The van der Waals surface area contributed by atoms with Gasteiger partial charge >= 0.3 is 0 Å². The van der Waals surface area contributed by atoms with E-state index in [9.17, 15) is 32.3 Å². The molecule has 8 nitrogen and oxygen atoms in total. The summed E-state index contributed by atoms with van der Waals surface area (Å²) in [7, 11) is 0. The number of likely N-dealkylation sites (tertiary alicyclic amines) is 1. The number of nitrogens with one attached hydrogen (secondary N) is 2. The van der Waals surface area contributed by atoms with Crippen LogP contribution in [0.3, 0.4) is 0 Å². The fraction of sp³-hybridized carbons (Fsp3) is 0.600. The van der Waals surface area contributed by atoms with E-state index in [-0.39, 0.29) is 38.5 Å². The van der Waals surface area contributed by atoms with E-state index in [1.807, 2.05) is 6.92 Å². The van der Waals surface area contributed by atoms with Crippen LogP contribution in [0.1, 0.15) is 84.7 Å². The molecular weight excluding hydrogens is 526 g/mol. The van der Waals surface area contributed by atoms with Crippen LogP contribution >= 0.6 is 11.3 Å². The van der Waals surface area contributed by atoms with Gasteiger partial charge in [0.2, 0.25) is 0 Å². The van der Waals surface area contributed by atoms with Crippen LogP contribution < -0.4 is 10.6 Å². The Kier molecular flexibility index (Phi) is 6.87. The molecule has 13 heteroatoms. The third-order valence-electron chi connectivity index (χ3n) is 7.56. The summed E-state index contributed by atoms with van der Waals surface area (Å²) < 4.78 is 56.7. The molecule has 0 unspecified atom stereocenters. The zero-order chi connectivity index (χ0) is 27.4. The summed E-state index contributed by atoms with van der Waals surface area (Å²) in [4.78, 5) is 35.7. The van der Waals surface area contributed by atoms with Crippen LogP contribution in [0.4, 0.5) is 23.4 Å². The SMILES string of the molecule is C[C@H]1CC(F)(F)CN1C(=O)c1nc(C(=O)NC2CC(O)C2)sc1-c1cnc(NC2(C)CCC2)cc1C(F)F. The molecule has 1 atom stereocenters. The van der Waals surface area contributed by atoms with E-state index in [2.05, 4.69) is 20.6 Å². The first kappa shape index (κ1) is 26.8. The minimum atomic E-state index is -3.09. The van der Waals surface area contributed by atoms with Gasteiger partial charge in [0, 0.05) is 41.4 Å². The fourth-order valence-corrected chi connectivity index (χ4v) is 6.16. The highest BCUT2D eigenvalue weighted by atomic mass is 32.1. The number of thiazole rings is 1. The number of anilines is 1. The monoisotopic (exact) mass is 555 g/mol. The number of aliphatic hydroxyl groups excluding tert-OH is 1. The summed E-state index contributed by atoms with van der Waals surface area (Å²) in [6, 6.07) is 0.140. The number of carbonyl (C=O) groups is 2. The predicted molar refractivity (Wildman–Crippen MR) is 133 cm³/mol. The van der Waals surface area contributed by atoms with Gasteiger partial charge in [0.1, 0.15) is 11.5 Å². The molecule has 0 radical (unpaired) electrons. The quantitative estimate of drug-likeness (QED) is 0.431. The van der Waals surface area contributed by atoms with Gasteiger partial charge in [-0.05, 0) is 52.0 Å². The molecule has 2 amide bonds. The maximum atomic E-state index is 14.3. The second-order valence-corrected chi connectivity index (χ2v) is 11.8. The van der Waals surface area contributed by atoms with Crippen LogP contribution in [0, 0.1) is 0 Å². The maximum Gasteiger partial charge on any atom is 0.280 e. The number of aromatic nitrogens is 2. The minimum Gasteiger partial charge on any atom is -0.393 e. The Morgan fingerprint density at radius 2 is 1.97 bits per heavy atom. The van der Waals surface area contributed by atoms with Crippen molar-refractivity contribution in [1.82, 2.24) is 20.2 Å². The van der Waals surface area contributed by atoms with E-state index in [4.69, 9.17) is 0 Å². The van der Waals surface area contributed by atoms with Gasteiger partial charge in [0.25, 0.3) is 24.2 Å². The van der Waals surface area contributed by atoms with E-state index in [0.717, 1.165) is 35.5 Å². The topological polar surface area (TPSA) is 107 Å². The van der Waals surface area contributed by atoms with Crippen molar-refractivity contribution >= 4 is 29.0 Å². The Hall–Kier alpha value is -2.80. The summed E-state index contributed by atoms with van der Waals surface area (Å²) >= 11 is 0.738. The lowest BCUT2D eigenvalue weighted by molar-refractivity contribution is 0.0117. The molecular formula is C25H29F4N5O3S. The van der Waals surface area contributed by atoms with Gasteiger partial charge in [-0.1, -0.05) is 0 Å². The van der Waals surface area contributed by atoms with Crippen LogP contribution in [-0.4, -0.2) is 68.0 Å². The number of alkyl halides is 4. The minimum absolute atomic E-state index is 0.0274. The van der Waals surface area contributed by atoms with E-state index in [1.165, 1.54) is 19.2 Å². The van der Waals surface area contributed by atoms with Gasteiger partial charge in [-0.2, -0.15) is 0 Å². The number of amides is 2. The van der Waals surface area contributed by atoms with E-state index < -0.39 is 54.8 Å². The maximum absolute atomic E-state index is 14.3. The second-order valence-electron chi connectivity index (χ2n) is 10.8. The Balaban J connectivity index is 1.53. The lowest BCUT2D eigenvalue weighted by atomic mass is 9.78. The zero-order valence-corrected chi connectivity index (χ0v) is 21.8. The van der Waals surface area contributed by atoms with Gasteiger partial charge in [0.05, 0.1) is 17.5 Å². The van der Waals surface area contributed by atoms with Crippen LogP contribution in [0.2, 0.25) is 0 Å². The summed E-state index contributed by atoms with van der Waals surface area (Å²) in [6.45, 7) is 2.63. The lowest BCUT2D eigenvalue weighted by Gasteiger charge is -2.39. The van der Waals surface area contributed by atoms with Crippen molar-refractivity contribution in [3.8, 4) is 10.4 Å². The summed E-state index contributed by atoms with van der Waals surface area (Å²) in [5.74, 6) is -4.31. The largest absolute Gasteiger partial charge is 0.393 e. The molecule has 0 bridgehead atoms. The van der Waals surface area contributed by atoms with Crippen LogP contribution in [0.25, 0.3) is 10.4 Å². The highest BCUT2D eigenvalue weighted by Gasteiger charge is 2.46. The van der Waals surface area contributed by atoms with Crippen molar-refractivity contribution in [2.24, 2.45) is 0 Å². The zero-order valence-electron chi connectivity index (χ0n) is 20.9. The molecule has 2 aromatic rings. The Morgan fingerprint density at radius 1 is 1.26 bits per heavy atom. The predicted octanol–water partition coefficient (Wildman–Crippen LogP) is 4.62. The number of aliphatic hydroxyl groups is 1. The van der Waals surface area contributed by atoms with Crippen LogP contribution in [0.5, 0.6) is 0 Å². The summed E-state index contributed by atoms with van der Waals surface area (Å²) in [6.07, 6.45) is 0.737. The van der Waals surface area contributed by atoms with Crippen molar-refractivity contribution in [3.05, 3.63) is 28.5 Å². The third kappa shape index (κ3) is 5.22. The van der Waals surface area contributed by atoms with Gasteiger partial charge in [-0.25, -0.2) is 27.5 Å². The number of carbonyl (C=O) groups excluding carboxylic acids is 2. The van der Waals surface area contributed by atoms with Crippen molar-refractivity contribution < 1.29 is 32.3 Å². The van der Waals surface area contributed by atoms with Gasteiger partial charge in [-0.3, -0.25) is 9.59 Å². The van der Waals surface area contributed by atoms with Crippen LogP contribution in [-0.2, 0) is 0 Å². The van der Waals surface area contributed by atoms with Crippen molar-refractivity contribution in [1.29, 1.82) is 0 Å².